The molecule has 2 atom stereocenters. The van der Waals surface area contributed by atoms with Crippen LogP contribution in [0, 0.1) is 31.5 Å². The van der Waals surface area contributed by atoms with E-state index in [1.54, 1.807) is 26.0 Å². The van der Waals surface area contributed by atoms with Gasteiger partial charge in [0.2, 0.25) is 5.91 Å². The van der Waals surface area contributed by atoms with E-state index in [1.165, 1.54) is 0 Å². The lowest BCUT2D eigenvalue weighted by atomic mass is 9.95. The van der Waals surface area contributed by atoms with Crippen molar-refractivity contribution in [1.82, 2.24) is 5.32 Å². The van der Waals surface area contributed by atoms with Gasteiger partial charge in [-0.25, -0.2) is 4.39 Å². The molecule has 0 saturated heterocycles. The third-order valence-electron chi connectivity index (χ3n) is 4.13. The van der Waals surface area contributed by atoms with Crippen molar-refractivity contribution in [3.05, 3.63) is 34.6 Å². The number of carbonyl (C=O) groups excluding carboxylic acids is 1. The van der Waals surface area contributed by atoms with Crippen molar-refractivity contribution in [2.24, 2.45) is 11.8 Å². The maximum atomic E-state index is 13.5. The lowest BCUT2D eigenvalue weighted by molar-refractivity contribution is -0.146. The maximum absolute atomic E-state index is 13.5. The van der Waals surface area contributed by atoms with Crippen LogP contribution in [0.5, 0.6) is 0 Å². The highest BCUT2D eigenvalue weighted by atomic mass is 19.1. The summed E-state index contributed by atoms with van der Waals surface area (Å²) in [6.07, 6.45) is 1.94. The SMILES string of the molecule is Cc1cc(CNC(=O)[C@@H]2CCC[C@@H]2C(=O)O)cc(C)c1F. The number of amides is 1. The minimum atomic E-state index is -0.902. The van der Waals surface area contributed by atoms with Crippen LogP contribution in [0.3, 0.4) is 0 Å². The molecule has 0 aromatic heterocycles. The van der Waals surface area contributed by atoms with Crippen molar-refractivity contribution in [1.29, 1.82) is 0 Å². The summed E-state index contributed by atoms with van der Waals surface area (Å²) in [5.74, 6) is -2.39. The molecule has 0 spiro atoms. The van der Waals surface area contributed by atoms with Crippen LogP contribution >= 0.6 is 0 Å². The predicted octanol–water partition coefficient (Wildman–Crippen LogP) is 2.56. The van der Waals surface area contributed by atoms with Gasteiger partial charge >= 0.3 is 5.97 Å². The molecule has 0 aliphatic heterocycles. The van der Waals surface area contributed by atoms with E-state index >= 15 is 0 Å². The fourth-order valence-corrected chi connectivity index (χ4v) is 3.03. The first-order valence-electron chi connectivity index (χ1n) is 7.16. The molecule has 1 aromatic rings. The van der Waals surface area contributed by atoms with Crippen LogP contribution in [0.25, 0.3) is 0 Å². The van der Waals surface area contributed by atoms with Gasteiger partial charge in [0.1, 0.15) is 5.82 Å². The normalized spacial score (nSPS) is 21.3. The molecule has 1 aliphatic carbocycles. The van der Waals surface area contributed by atoms with Gasteiger partial charge < -0.3 is 10.4 Å². The number of carboxylic acid groups (broad SMARTS) is 1. The van der Waals surface area contributed by atoms with E-state index < -0.39 is 17.8 Å². The van der Waals surface area contributed by atoms with Crippen LogP contribution in [0.1, 0.15) is 36.0 Å². The van der Waals surface area contributed by atoms with Gasteiger partial charge in [-0.15, -0.1) is 0 Å². The molecule has 0 heterocycles. The number of hydrogen-bond acceptors (Lipinski definition) is 2. The van der Waals surface area contributed by atoms with Crippen LogP contribution in [-0.2, 0) is 16.1 Å². The Morgan fingerprint density at radius 1 is 1.24 bits per heavy atom. The van der Waals surface area contributed by atoms with Crippen molar-refractivity contribution in [2.45, 2.75) is 39.7 Å². The van der Waals surface area contributed by atoms with Gasteiger partial charge in [0.05, 0.1) is 11.8 Å². The van der Waals surface area contributed by atoms with E-state index in [4.69, 9.17) is 5.11 Å². The second-order valence-corrected chi connectivity index (χ2v) is 5.74. The molecule has 1 amide bonds. The number of rotatable bonds is 4. The number of benzene rings is 1. The van der Waals surface area contributed by atoms with Gasteiger partial charge in [0, 0.05) is 6.54 Å². The second-order valence-electron chi connectivity index (χ2n) is 5.74. The van der Waals surface area contributed by atoms with E-state index in [1.807, 2.05) is 0 Å². The van der Waals surface area contributed by atoms with Crippen LogP contribution in [0.15, 0.2) is 12.1 Å². The fraction of sp³-hybridized carbons (Fsp3) is 0.500. The van der Waals surface area contributed by atoms with Crippen molar-refractivity contribution in [2.75, 3.05) is 0 Å². The Morgan fingerprint density at radius 2 is 1.81 bits per heavy atom. The zero-order valence-electron chi connectivity index (χ0n) is 12.3. The highest BCUT2D eigenvalue weighted by Gasteiger charge is 2.37. The van der Waals surface area contributed by atoms with Gasteiger partial charge in [-0.05, 0) is 43.4 Å². The zero-order valence-corrected chi connectivity index (χ0v) is 12.3. The highest BCUT2D eigenvalue weighted by molar-refractivity contribution is 5.85. The largest absolute Gasteiger partial charge is 0.481 e. The molecule has 4 nitrogen and oxygen atoms in total. The standard InChI is InChI=1S/C16H20FNO3/c1-9-6-11(7-10(2)14(9)17)8-18-15(19)12-4-3-5-13(12)16(20)21/h6-7,12-13H,3-5,8H2,1-2H3,(H,18,19)(H,20,21)/t12-,13+/m1/s1. The Hall–Kier alpha value is -1.91. The minimum absolute atomic E-state index is 0.223. The molecular weight excluding hydrogens is 273 g/mol. The summed E-state index contributed by atoms with van der Waals surface area (Å²) in [6.45, 7) is 3.67. The molecule has 1 aromatic carbocycles. The van der Waals surface area contributed by atoms with Crippen molar-refractivity contribution in [3.8, 4) is 0 Å². The van der Waals surface area contributed by atoms with Gasteiger partial charge in [0.15, 0.2) is 0 Å². The van der Waals surface area contributed by atoms with E-state index in [0.29, 0.717) is 30.5 Å². The van der Waals surface area contributed by atoms with Crippen molar-refractivity contribution < 1.29 is 19.1 Å². The van der Waals surface area contributed by atoms with Gasteiger partial charge in [-0.3, -0.25) is 9.59 Å². The predicted molar refractivity (Wildman–Crippen MR) is 76.2 cm³/mol. The van der Waals surface area contributed by atoms with Crippen molar-refractivity contribution in [3.63, 3.8) is 0 Å². The number of carboxylic acids is 1. The number of aliphatic carboxylic acids is 1. The topological polar surface area (TPSA) is 66.4 Å². The fourth-order valence-electron chi connectivity index (χ4n) is 3.03. The molecule has 0 bridgehead atoms. The number of hydrogen-bond donors (Lipinski definition) is 2. The Morgan fingerprint density at radius 3 is 2.38 bits per heavy atom. The molecule has 1 fully saturated rings. The molecule has 2 rings (SSSR count). The van der Waals surface area contributed by atoms with Gasteiger partial charge in [-0.1, -0.05) is 18.6 Å². The first-order chi connectivity index (χ1) is 9.90. The Labute approximate surface area is 123 Å². The van der Waals surface area contributed by atoms with Crippen LogP contribution in [-0.4, -0.2) is 17.0 Å². The summed E-state index contributed by atoms with van der Waals surface area (Å²) >= 11 is 0. The van der Waals surface area contributed by atoms with Gasteiger partial charge in [0.25, 0.3) is 0 Å². The summed E-state index contributed by atoms with van der Waals surface area (Å²) in [5, 5.41) is 11.9. The monoisotopic (exact) mass is 293 g/mol. The molecule has 114 valence electrons. The molecule has 1 saturated carbocycles. The summed E-state index contributed by atoms with van der Waals surface area (Å²) in [7, 11) is 0. The molecule has 1 aliphatic rings. The van der Waals surface area contributed by atoms with Crippen LogP contribution in [0.4, 0.5) is 4.39 Å². The first kappa shape index (κ1) is 15.5. The Balaban J connectivity index is 2.00. The lowest BCUT2D eigenvalue weighted by Gasteiger charge is -2.16. The molecule has 0 radical (unpaired) electrons. The molecule has 0 unspecified atom stereocenters. The number of carbonyl (C=O) groups is 2. The maximum Gasteiger partial charge on any atom is 0.307 e. The van der Waals surface area contributed by atoms with E-state index in [2.05, 4.69) is 5.32 Å². The van der Waals surface area contributed by atoms with E-state index in [9.17, 15) is 14.0 Å². The summed E-state index contributed by atoms with van der Waals surface area (Å²) in [5.41, 5.74) is 1.91. The minimum Gasteiger partial charge on any atom is -0.481 e. The van der Waals surface area contributed by atoms with E-state index in [0.717, 1.165) is 12.0 Å². The molecule has 2 N–H and O–H groups in total. The quantitative estimate of drug-likeness (QED) is 0.896. The highest BCUT2D eigenvalue weighted by Crippen LogP contribution is 2.32. The zero-order chi connectivity index (χ0) is 15.6. The third-order valence-corrected chi connectivity index (χ3v) is 4.13. The van der Waals surface area contributed by atoms with E-state index in [-0.39, 0.29) is 11.7 Å². The summed E-state index contributed by atoms with van der Waals surface area (Å²) < 4.78 is 13.5. The first-order valence-corrected chi connectivity index (χ1v) is 7.16. The number of nitrogens with one attached hydrogen (secondary N) is 1. The summed E-state index contributed by atoms with van der Waals surface area (Å²) in [6, 6.07) is 3.40. The lowest BCUT2D eigenvalue weighted by Crippen LogP contribution is -2.34. The molecule has 5 heteroatoms. The van der Waals surface area contributed by atoms with Crippen LogP contribution in [0.2, 0.25) is 0 Å². The second kappa shape index (κ2) is 6.24. The average Bonchev–Trinajstić information content (AvgIpc) is 2.91. The Kier molecular flexibility index (Phi) is 4.60. The number of aryl methyl sites for hydroxylation is 2. The molecule has 21 heavy (non-hydrogen) atoms. The smallest absolute Gasteiger partial charge is 0.307 e. The Bertz CT molecular complexity index is 548. The third kappa shape index (κ3) is 3.40. The van der Waals surface area contributed by atoms with Crippen molar-refractivity contribution >= 4 is 11.9 Å². The number of halogens is 1. The summed E-state index contributed by atoms with van der Waals surface area (Å²) in [4.78, 5) is 23.2. The molecular formula is C16H20FNO3. The average molecular weight is 293 g/mol. The van der Waals surface area contributed by atoms with Crippen LogP contribution < -0.4 is 5.32 Å². The van der Waals surface area contributed by atoms with Gasteiger partial charge in [-0.2, -0.15) is 0 Å².